The molecule has 144 valence electrons. The smallest absolute Gasteiger partial charge is 0.416 e. The number of nitrogens with one attached hydrogen (secondary N) is 1. The van der Waals surface area contributed by atoms with E-state index >= 15 is 0 Å². The van der Waals surface area contributed by atoms with Crippen LogP contribution >= 0.6 is 11.3 Å². The zero-order chi connectivity index (χ0) is 19.7. The first-order chi connectivity index (χ1) is 12.6. The lowest BCUT2D eigenvalue weighted by Gasteiger charge is -2.25. The minimum absolute atomic E-state index is 0.104. The Hall–Kier alpha value is -2.14. The average Bonchev–Trinajstić information content (AvgIpc) is 3.33. The van der Waals surface area contributed by atoms with Crippen molar-refractivity contribution >= 4 is 21.4 Å². The van der Waals surface area contributed by atoms with Gasteiger partial charge in [-0.1, -0.05) is 6.07 Å². The van der Waals surface area contributed by atoms with E-state index in [-0.39, 0.29) is 5.76 Å². The topological polar surface area (TPSA) is 79.5 Å². The molecule has 0 unspecified atom stereocenters. The molecule has 0 fully saturated rings. The molecule has 0 bridgehead atoms. The number of hydrogen-bond donors (Lipinski definition) is 2. The molecule has 2 heterocycles. The summed E-state index contributed by atoms with van der Waals surface area (Å²) >= 11 is 1.29. The number of sulfonamides is 1. The fourth-order valence-corrected chi connectivity index (χ4v) is 4.30. The first-order valence-corrected chi connectivity index (χ1v) is 10.0. The van der Waals surface area contributed by atoms with Crippen LogP contribution in [0, 0.1) is 0 Å². The Morgan fingerprint density at radius 1 is 1.11 bits per heavy atom. The molecule has 0 amide bonds. The molecule has 0 spiro atoms. The molecule has 3 aromatic rings. The van der Waals surface area contributed by atoms with Crippen LogP contribution in [0.15, 0.2) is 68.8 Å². The molecule has 1 aromatic carbocycles. The molecule has 2 aromatic heterocycles. The van der Waals surface area contributed by atoms with Crippen molar-refractivity contribution in [3.8, 4) is 0 Å². The van der Waals surface area contributed by atoms with Crippen molar-refractivity contribution < 1.29 is 31.1 Å². The third-order valence-electron chi connectivity index (χ3n) is 3.92. The summed E-state index contributed by atoms with van der Waals surface area (Å²) in [6, 6.07) is 8.00. The molecular formula is C17H14F3NO4S2. The highest BCUT2D eigenvalue weighted by Crippen LogP contribution is 2.32. The van der Waals surface area contributed by atoms with Gasteiger partial charge in [-0.05, 0) is 47.2 Å². The highest BCUT2D eigenvalue weighted by atomic mass is 32.2. The maximum absolute atomic E-state index is 12.8. The summed E-state index contributed by atoms with van der Waals surface area (Å²) in [6.45, 7) is -0.518. The van der Waals surface area contributed by atoms with Crippen molar-refractivity contribution in [3.63, 3.8) is 0 Å². The number of benzene rings is 1. The predicted octanol–water partition coefficient (Wildman–Crippen LogP) is 3.57. The zero-order valence-electron chi connectivity index (χ0n) is 13.6. The largest absolute Gasteiger partial charge is 0.466 e. The summed E-state index contributed by atoms with van der Waals surface area (Å²) in [5, 5.41) is 14.4. The monoisotopic (exact) mass is 417 g/mol. The van der Waals surface area contributed by atoms with Crippen molar-refractivity contribution in [1.29, 1.82) is 0 Å². The third-order valence-corrected chi connectivity index (χ3v) is 6.00. The van der Waals surface area contributed by atoms with Crippen molar-refractivity contribution in [2.24, 2.45) is 0 Å². The number of rotatable bonds is 6. The number of hydrogen-bond acceptors (Lipinski definition) is 5. The summed E-state index contributed by atoms with van der Waals surface area (Å²) in [5.74, 6) is 0.104. The Kier molecular flexibility index (Phi) is 5.17. The minimum atomic E-state index is -4.67. The maximum atomic E-state index is 12.8. The van der Waals surface area contributed by atoms with Gasteiger partial charge in [0, 0.05) is 5.56 Å². The van der Waals surface area contributed by atoms with Gasteiger partial charge in [-0.25, -0.2) is 13.1 Å². The summed E-state index contributed by atoms with van der Waals surface area (Å²) in [7, 11) is -4.31. The molecule has 0 aliphatic heterocycles. The zero-order valence-corrected chi connectivity index (χ0v) is 15.2. The standard InChI is InChI=1S/C17H14F3NO4S2/c18-17(19,20)12-3-1-4-14(9-12)27(23,24)21-11-16(22,13-6-8-26-10-13)15-5-2-7-25-15/h1-10,21-22H,11H2/t16-/m1/s1. The SMILES string of the molecule is O=S(=O)(NC[C@@](O)(c1ccsc1)c1ccco1)c1cccc(C(F)(F)F)c1. The number of furan rings is 1. The van der Waals surface area contributed by atoms with E-state index in [1.165, 1.54) is 29.7 Å². The van der Waals surface area contributed by atoms with Crippen LogP contribution in [-0.2, 0) is 21.8 Å². The van der Waals surface area contributed by atoms with Crippen LogP contribution in [0.5, 0.6) is 0 Å². The highest BCUT2D eigenvalue weighted by molar-refractivity contribution is 7.89. The van der Waals surface area contributed by atoms with E-state index in [1.807, 2.05) is 0 Å². The van der Waals surface area contributed by atoms with Gasteiger partial charge in [0.2, 0.25) is 10.0 Å². The Balaban J connectivity index is 1.90. The molecule has 27 heavy (non-hydrogen) atoms. The molecule has 2 N–H and O–H groups in total. The molecule has 0 saturated heterocycles. The second-order valence-electron chi connectivity index (χ2n) is 5.70. The van der Waals surface area contributed by atoms with Gasteiger partial charge in [-0.15, -0.1) is 0 Å². The van der Waals surface area contributed by atoms with Gasteiger partial charge in [0.1, 0.15) is 5.76 Å². The molecule has 0 radical (unpaired) electrons. The van der Waals surface area contributed by atoms with E-state index in [0.717, 1.165) is 18.2 Å². The highest BCUT2D eigenvalue weighted by Gasteiger charge is 2.37. The number of halogens is 3. The van der Waals surface area contributed by atoms with E-state index < -0.39 is 38.8 Å². The Morgan fingerprint density at radius 2 is 1.89 bits per heavy atom. The van der Waals surface area contributed by atoms with Gasteiger partial charge in [0.25, 0.3) is 0 Å². The summed E-state index contributed by atoms with van der Waals surface area (Å²) in [4.78, 5) is -0.551. The first-order valence-electron chi connectivity index (χ1n) is 7.59. The Bertz CT molecular complexity index is 963. The Labute approximate surface area is 157 Å². The van der Waals surface area contributed by atoms with E-state index in [9.17, 15) is 26.7 Å². The lowest BCUT2D eigenvalue weighted by molar-refractivity contribution is -0.137. The van der Waals surface area contributed by atoms with Crippen LogP contribution in [0.1, 0.15) is 16.9 Å². The molecule has 10 heteroatoms. The molecule has 0 aliphatic rings. The van der Waals surface area contributed by atoms with E-state index in [2.05, 4.69) is 4.72 Å². The normalized spacial score (nSPS) is 14.8. The van der Waals surface area contributed by atoms with E-state index in [1.54, 1.807) is 16.8 Å². The number of thiophene rings is 1. The van der Waals surface area contributed by atoms with Crippen LogP contribution in [0.4, 0.5) is 13.2 Å². The molecule has 0 saturated carbocycles. The molecule has 0 aliphatic carbocycles. The van der Waals surface area contributed by atoms with Crippen LogP contribution in [0.25, 0.3) is 0 Å². The van der Waals surface area contributed by atoms with Gasteiger partial charge in [0.15, 0.2) is 5.60 Å². The van der Waals surface area contributed by atoms with E-state index in [4.69, 9.17) is 4.42 Å². The van der Waals surface area contributed by atoms with E-state index in [0.29, 0.717) is 11.6 Å². The number of aliphatic hydroxyl groups is 1. The molecule has 1 atom stereocenters. The molecule has 3 rings (SSSR count). The summed E-state index contributed by atoms with van der Waals surface area (Å²) < 4.78 is 70.9. The summed E-state index contributed by atoms with van der Waals surface area (Å²) in [6.07, 6.45) is -3.34. The second kappa shape index (κ2) is 7.12. The van der Waals surface area contributed by atoms with Crippen molar-refractivity contribution in [2.75, 3.05) is 6.54 Å². The lowest BCUT2D eigenvalue weighted by atomic mass is 9.94. The maximum Gasteiger partial charge on any atom is 0.416 e. The van der Waals surface area contributed by atoms with Gasteiger partial charge >= 0.3 is 6.18 Å². The van der Waals surface area contributed by atoms with Crippen LogP contribution in [-0.4, -0.2) is 20.1 Å². The fraction of sp³-hybridized carbons (Fsp3) is 0.176. The molecular weight excluding hydrogens is 403 g/mol. The van der Waals surface area contributed by atoms with Crippen LogP contribution in [0.3, 0.4) is 0 Å². The van der Waals surface area contributed by atoms with Crippen molar-refractivity contribution in [3.05, 3.63) is 76.4 Å². The minimum Gasteiger partial charge on any atom is -0.466 e. The van der Waals surface area contributed by atoms with Crippen molar-refractivity contribution in [1.82, 2.24) is 4.72 Å². The quantitative estimate of drug-likeness (QED) is 0.643. The Morgan fingerprint density at radius 3 is 2.48 bits per heavy atom. The van der Waals surface area contributed by atoms with Crippen LogP contribution in [0.2, 0.25) is 0 Å². The number of alkyl halides is 3. The average molecular weight is 417 g/mol. The van der Waals surface area contributed by atoms with Gasteiger partial charge in [-0.3, -0.25) is 0 Å². The predicted molar refractivity (Wildman–Crippen MR) is 92.7 cm³/mol. The lowest BCUT2D eigenvalue weighted by Crippen LogP contribution is -2.41. The first kappa shape index (κ1) is 19.6. The summed E-state index contributed by atoms with van der Waals surface area (Å²) in [5.41, 5.74) is -2.49. The van der Waals surface area contributed by atoms with Crippen molar-refractivity contribution in [2.45, 2.75) is 16.7 Å². The van der Waals surface area contributed by atoms with Crippen LogP contribution < -0.4 is 4.72 Å². The fourth-order valence-electron chi connectivity index (χ4n) is 2.47. The van der Waals surface area contributed by atoms with Gasteiger partial charge in [-0.2, -0.15) is 24.5 Å². The van der Waals surface area contributed by atoms with Gasteiger partial charge < -0.3 is 9.52 Å². The van der Waals surface area contributed by atoms with Gasteiger partial charge in [0.05, 0.1) is 23.3 Å². The second-order valence-corrected chi connectivity index (χ2v) is 8.25. The third kappa shape index (κ3) is 4.08. The molecule has 5 nitrogen and oxygen atoms in total.